The van der Waals surface area contributed by atoms with E-state index in [1.165, 1.54) is 6.92 Å². The van der Waals surface area contributed by atoms with Crippen LogP contribution >= 0.6 is 0 Å². The first kappa shape index (κ1) is 12.9. The van der Waals surface area contributed by atoms with E-state index in [1.807, 2.05) is 0 Å². The first-order chi connectivity index (χ1) is 7.95. The number of nitrogens with zero attached hydrogens (tertiary/aromatic N) is 2. The van der Waals surface area contributed by atoms with E-state index in [9.17, 15) is 14.0 Å². The third-order valence-corrected chi connectivity index (χ3v) is 1.85. The van der Waals surface area contributed by atoms with Crippen LogP contribution in [0.4, 0.5) is 15.0 Å². The molecule has 1 rings (SSSR count). The van der Waals surface area contributed by atoms with Crippen LogP contribution in [0.5, 0.6) is 0 Å². The van der Waals surface area contributed by atoms with Crippen molar-refractivity contribution >= 4 is 12.0 Å². The molecule has 1 aromatic rings. The molecule has 0 spiro atoms. The summed E-state index contributed by atoms with van der Waals surface area (Å²) in [7, 11) is 0. The van der Waals surface area contributed by atoms with E-state index in [-0.39, 0.29) is 6.61 Å². The van der Waals surface area contributed by atoms with Crippen molar-refractivity contribution in [2.45, 2.75) is 20.1 Å². The summed E-state index contributed by atoms with van der Waals surface area (Å²) in [5.41, 5.74) is 4.29. The van der Waals surface area contributed by atoms with Crippen LogP contribution < -0.4 is 11.4 Å². The van der Waals surface area contributed by atoms with Gasteiger partial charge in [0.05, 0.1) is 12.8 Å². The molecule has 8 heteroatoms. The van der Waals surface area contributed by atoms with Gasteiger partial charge in [0.25, 0.3) is 0 Å². The number of nitrogens with two attached hydrogens (primary N) is 1. The predicted molar refractivity (Wildman–Crippen MR) is 55.7 cm³/mol. The summed E-state index contributed by atoms with van der Waals surface area (Å²) in [5.74, 6) is -1.38. The summed E-state index contributed by atoms with van der Waals surface area (Å²) < 4.78 is 23.1. The minimum absolute atomic E-state index is 0.134. The van der Waals surface area contributed by atoms with E-state index in [0.29, 0.717) is 0 Å². The summed E-state index contributed by atoms with van der Waals surface area (Å²) in [6, 6.07) is 0. The standard InChI is InChI=1S/C9H12FN3O4/c1-3-16-9(15)17-5(2)13-4-6(10)7(11)12-8(13)14/h4-5H,3H2,1-2H3,(H2,11,12,14). The van der Waals surface area contributed by atoms with Crippen LogP contribution in [-0.4, -0.2) is 22.3 Å². The highest BCUT2D eigenvalue weighted by Crippen LogP contribution is 2.09. The molecule has 0 amide bonds. The molecule has 94 valence electrons. The van der Waals surface area contributed by atoms with Gasteiger partial charge in [-0.05, 0) is 13.8 Å². The number of hydrogen-bond donors (Lipinski definition) is 1. The van der Waals surface area contributed by atoms with Crippen LogP contribution in [0.15, 0.2) is 11.0 Å². The van der Waals surface area contributed by atoms with Gasteiger partial charge in [0.15, 0.2) is 17.9 Å². The molecule has 0 aliphatic carbocycles. The monoisotopic (exact) mass is 245 g/mol. The van der Waals surface area contributed by atoms with Gasteiger partial charge in [-0.2, -0.15) is 4.98 Å². The van der Waals surface area contributed by atoms with Crippen LogP contribution in [-0.2, 0) is 9.47 Å². The Morgan fingerprint density at radius 2 is 2.35 bits per heavy atom. The second kappa shape index (κ2) is 5.28. The van der Waals surface area contributed by atoms with Crippen LogP contribution in [0.1, 0.15) is 20.1 Å². The molecule has 17 heavy (non-hydrogen) atoms. The van der Waals surface area contributed by atoms with Gasteiger partial charge in [-0.15, -0.1) is 0 Å². The average molecular weight is 245 g/mol. The zero-order chi connectivity index (χ0) is 13.0. The molecule has 0 bridgehead atoms. The Labute approximate surface area is 96.0 Å². The third-order valence-electron chi connectivity index (χ3n) is 1.85. The number of hydrogen-bond acceptors (Lipinski definition) is 6. The summed E-state index contributed by atoms with van der Waals surface area (Å²) in [4.78, 5) is 25.6. The largest absolute Gasteiger partial charge is 0.510 e. The van der Waals surface area contributed by atoms with Gasteiger partial charge in [0.1, 0.15) is 0 Å². The maximum Gasteiger partial charge on any atom is 0.510 e. The number of nitrogen functional groups attached to an aromatic ring is 1. The molecule has 1 aromatic heterocycles. The number of ether oxygens (including phenoxy) is 2. The van der Waals surface area contributed by atoms with E-state index >= 15 is 0 Å². The van der Waals surface area contributed by atoms with Crippen molar-refractivity contribution < 1.29 is 18.7 Å². The SMILES string of the molecule is CCOC(=O)OC(C)n1cc(F)c(N)nc1=O. The summed E-state index contributed by atoms with van der Waals surface area (Å²) in [6.45, 7) is 3.10. The molecule has 1 atom stereocenters. The highest BCUT2D eigenvalue weighted by Gasteiger charge is 2.15. The molecule has 0 aliphatic rings. The molecule has 0 saturated heterocycles. The third kappa shape index (κ3) is 3.16. The van der Waals surface area contributed by atoms with E-state index in [0.717, 1.165) is 10.8 Å². The van der Waals surface area contributed by atoms with Crippen LogP contribution in [0.3, 0.4) is 0 Å². The Morgan fingerprint density at radius 1 is 1.71 bits per heavy atom. The van der Waals surface area contributed by atoms with Crippen LogP contribution in [0, 0.1) is 5.82 Å². The molecule has 0 fully saturated rings. The second-order valence-electron chi connectivity index (χ2n) is 3.06. The van der Waals surface area contributed by atoms with E-state index in [2.05, 4.69) is 9.72 Å². The van der Waals surface area contributed by atoms with Gasteiger partial charge in [-0.3, -0.25) is 4.57 Å². The lowest BCUT2D eigenvalue weighted by Gasteiger charge is -2.15. The fraction of sp³-hybridized carbons (Fsp3) is 0.444. The first-order valence-corrected chi connectivity index (χ1v) is 4.83. The zero-order valence-corrected chi connectivity index (χ0v) is 9.34. The van der Waals surface area contributed by atoms with Gasteiger partial charge >= 0.3 is 11.8 Å². The Balaban J connectivity index is 2.89. The van der Waals surface area contributed by atoms with E-state index in [4.69, 9.17) is 10.5 Å². The number of anilines is 1. The van der Waals surface area contributed by atoms with E-state index in [1.54, 1.807) is 6.92 Å². The molecule has 2 N–H and O–H groups in total. The van der Waals surface area contributed by atoms with Crippen molar-refractivity contribution in [1.82, 2.24) is 9.55 Å². The van der Waals surface area contributed by atoms with Crippen molar-refractivity contribution in [2.75, 3.05) is 12.3 Å². The summed E-state index contributed by atoms with van der Waals surface area (Å²) >= 11 is 0. The predicted octanol–water partition coefficient (Wildman–Crippen LogP) is 0.656. The highest BCUT2D eigenvalue weighted by molar-refractivity contribution is 5.59. The molecule has 0 aromatic carbocycles. The van der Waals surface area contributed by atoms with Crippen LogP contribution in [0.2, 0.25) is 0 Å². The maximum atomic E-state index is 13.1. The van der Waals surface area contributed by atoms with Crippen LogP contribution in [0.25, 0.3) is 0 Å². The molecular weight excluding hydrogens is 233 g/mol. The normalized spacial score (nSPS) is 11.9. The number of rotatable bonds is 3. The summed E-state index contributed by atoms with van der Waals surface area (Å²) in [6.07, 6.45) is -1.18. The minimum atomic E-state index is -1.04. The van der Waals surface area contributed by atoms with Crippen molar-refractivity contribution in [3.05, 3.63) is 22.5 Å². The Hall–Kier alpha value is -2.12. The smallest absolute Gasteiger partial charge is 0.435 e. The van der Waals surface area contributed by atoms with Gasteiger partial charge in [-0.1, -0.05) is 0 Å². The first-order valence-electron chi connectivity index (χ1n) is 4.83. The Bertz CT molecular complexity index is 474. The lowest BCUT2D eigenvalue weighted by atomic mass is 10.5. The fourth-order valence-electron chi connectivity index (χ4n) is 1.07. The van der Waals surface area contributed by atoms with Gasteiger partial charge in [-0.25, -0.2) is 14.0 Å². The molecule has 1 unspecified atom stereocenters. The number of carbonyl (C=O) groups is 1. The van der Waals surface area contributed by atoms with E-state index < -0.39 is 29.7 Å². The van der Waals surface area contributed by atoms with Crippen molar-refractivity contribution in [3.63, 3.8) is 0 Å². The lowest BCUT2D eigenvalue weighted by molar-refractivity contribution is 0.00419. The molecule has 0 aliphatic heterocycles. The molecular formula is C9H12FN3O4. The number of carbonyl (C=O) groups excluding carboxylic acids is 1. The van der Waals surface area contributed by atoms with Gasteiger partial charge in [0, 0.05) is 0 Å². The van der Waals surface area contributed by atoms with Gasteiger partial charge < -0.3 is 15.2 Å². The number of aromatic nitrogens is 2. The molecule has 0 saturated carbocycles. The average Bonchev–Trinajstić information content (AvgIpc) is 2.23. The Kier molecular flexibility index (Phi) is 4.02. The zero-order valence-electron chi connectivity index (χ0n) is 9.34. The number of halogens is 1. The molecule has 0 radical (unpaired) electrons. The fourth-order valence-corrected chi connectivity index (χ4v) is 1.07. The van der Waals surface area contributed by atoms with Crippen molar-refractivity contribution in [2.24, 2.45) is 0 Å². The maximum absolute atomic E-state index is 13.1. The Morgan fingerprint density at radius 3 is 2.94 bits per heavy atom. The minimum Gasteiger partial charge on any atom is -0.435 e. The van der Waals surface area contributed by atoms with Gasteiger partial charge in [0.2, 0.25) is 0 Å². The topological polar surface area (TPSA) is 96.4 Å². The highest BCUT2D eigenvalue weighted by atomic mass is 19.1. The molecule has 1 heterocycles. The lowest BCUT2D eigenvalue weighted by Crippen LogP contribution is -2.29. The molecule has 7 nitrogen and oxygen atoms in total. The van der Waals surface area contributed by atoms with Crippen molar-refractivity contribution in [3.8, 4) is 0 Å². The quantitative estimate of drug-likeness (QED) is 0.785. The van der Waals surface area contributed by atoms with Crippen molar-refractivity contribution in [1.29, 1.82) is 0 Å². The summed E-state index contributed by atoms with van der Waals surface area (Å²) in [5, 5.41) is 0. The second-order valence-corrected chi connectivity index (χ2v) is 3.06.